The van der Waals surface area contributed by atoms with Crippen LogP contribution in [0.5, 0.6) is 0 Å². The van der Waals surface area contributed by atoms with Gasteiger partial charge in [0.2, 0.25) is 0 Å². The first-order valence-electron chi connectivity index (χ1n) is 3.86. The van der Waals surface area contributed by atoms with Crippen LogP contribution in [0.3, 0.4) is 0 Å². The van der Waals surface area contributed by atoms with E-state index in [-0.39, 0.29) is 24.3 Å². The first-order chi connectivity index (χ1) is 5.89. The lowest BCUT2D eigenvalue weighted by Crippen LogP contribution is -2.18. The Kier molecular flexibility index (Phi) is 5.15. The van der Waals surface area contributed by atoms with Gasteiger partial charge in [-0.1, -0.05) is 28.4 Å². The van der Waals surface area contributed by atoms with Crippen molar-refractivity contribution in [1.82, 2.24) is 10.1 Å². The number of aromatic nitrogens is 2. The molecule has 1 aromatic rings. The van der Waals surface area contributed by atoms with Crippen LogP contribution in [0, 0.1) is 0 Å². The molecule has 2 N–H and O–H groups in total. The summed E-state index contributed by atoms with van der Waals surface area (Å²) in [4.78, 5) is 4.00. The van der Waals surface area contributed by atoms with E-state index in [1.165, 1.54) is 0 Å². The maximum absolute atomic E-state index is 5.75. The highest BCUT2D eigenvalue weighted by atomic mass is 35.5. The second-order valence-corrected chi connectivity index (χ2v) is 4.79. The summed E-state index contributed by atoms with van der Waals surface area (Å²) in [6, 6.07) is -0.0117. The molecule has 1 rings (SSSR count). The molecular formula is C7H12Cl3N3O. The molecule has 1 aromatic heterocycles. The van der Waals surface area contributed by atoms with E-state index in [1.807, 2.05) is 6.92 Å². The van der Waals surface area contributed by atoms with Crippen LogP contribution < -0.4 is 5.73 Å². The van der Waals surface area contributed by atoms with Crippen molar-refractivity contribution >= 4 is 35.6 Å². The molecule has 0 bridgehead atoms. The molecular weight excluding hydrogens is 248 g/mol. The number of halogens is 3. The third-order valence-electron chi connectivity index (χ3n) is 1.35. The van der Waals surface area contributed by atoms with Crippen LogP contribution in [-0.4, -0.2) is 16.2 Å². The predicted molar refractivity (Wildman–Crippen MR) is 58.0 cm³/mol. The fourth-order valence-corrected chi connectivity index (χ4v) is 0.957. The van der Waals surface area contributed by atoms with Crippen LogP contribution in [0.25, 0.3) is 0 Å². The molecule has 0 radical (unpaired) electrons. The molecule has 0 saturated heterocycles. The first-order valence-corrected chi connectivity index (χ1v) is 4.61. The van der Waals surface area contributed by atoms with Crippen molar-refractivity contribution in [3.05, 3.63) is 11.7 Å². The molecule has 0 aromatic carbocycles. The van der Waals surface area contributed by atoms with E-state index in [0.29, 0.717) is 12.2 Å². The standard InChI is InChI=1S/C7H11Cl2N3O.ClH/c1-4(10)3-5-11-6(13-12-5)7(2,8)9;/h4H,3,10H2,1-2H3;1H. The molecule has 0 amide bonds. The Bertz CT molecular complexity index is 282. The number of nitrogens with zero attached hydrogens (tertiary/aromatic N) is 2. The van der Waals surface area contributed by atoms with Crippen LogP contribution in [0.4, 0.5) is 0 Å². The molecule has 0 spiro atoms. The molecule has 1 unspecified atom stereocenters. The Balaban J connectivity index is 0.00000169. The zero-order valence-electron chi connectivity index (χ0n) is 7.83. The molecule has 14 heavy (non-hydrogen) atoms. The van der Waals surface area contributed by atoms with Crippen molar-refractivity contribution in [3.8, 4) is 0 Å². The molecule has 0 aliphatic carbocycles. The van der Waals surface area contributed by atoms with Gasteiger partial charge in [0, 0.05) is 12.5 Å². The normalized spacial score (nSPS) is 13.5. The molecule has 1 atom stereocenters. The SMILES string of the molecule is CC(N)Cc1noc(C(C)(Cl)Cl)n1.Cl. The highest BCUT2D eigenvalue weighted by Crippen LogP contribution is 2.31. The smallest absolute Gasteiger partial charge is 0.262 e. The molecule has 7 heteroatoms. The van der Waals surface area contributed by atoms with Gasteiger partial charge < -0.3 is 10.3 Å². The summed E-state index contributed by atoms with van der Waals surface area (Å²) in [6.07, 6.45) is 0.549. The summed E-state index contributed by atoms with van der Waals surface area (Å²) in [5, 5.41) is 3.69. The summed E-state index contributed by atoms with van der Waals surface area (Å²) in [6.45, 7) is 3.43. The average Bonchev–Trinajstić information content (AvgIpc) is 2.32. The van der Waals surface area contributed by atoms with Crippen LogP contribution in [-0.2, 0) is 10.8 Å². The lowest BCUT2D eigenvalue weighted by Gasteiger charge is -2.04. The van der Waals surface area contributed by atoms with Gasteiger partial charge in [-0.2, -0.15) is 4.98 Å². The topological polar surface area (TPSA) is 64.9 Å². The highest BCUT2D eigenvalue weighted by molar-refractivity contribution is 6.47. The Morgan fingerprint density at radius 2 is 2.14 bits per heavy atom. The lowest BCUT2D eigenvalue weighted by atomic mass is 10.2. The van der Waals surface area contributed by atoms with Gasteiger partial charge in [0.1, 0.15) is 0 Å². The molecule has 1 heterocycles. The Hall–Kier alpha value is -0.0300. The maximum Gasteiger partial charge on any atom is 0.262 e. The number of rotatable bonds is 3. The van der Waals surface area contributed by atoms with Gasteiger partial charge >= 0.3 is 0 Å². The third-order valence-corrected chi connectivity index (χ3v) is 1.67. The van der Waals surface area contributed by atoms with Crippen molar-refractivity contribution in [3.63, 3.8) is 0 Å². The zero-order chi connectivity index (χ0) is 10.1. The van der Waals surface area contributed by atoms with Crippen LogP contribution >= 0.6 is 35.6 Å². The van der Waals surface area contributed by atoms with Crippen LogP contribution in [0.15, 0.2) is 4.52 Å². The van der Waals surface area contributed by atoms with E-state index in [2.05, 4.69) is 10.1 Å². The minimum atomic E-state index is -1.14. The average molecular weight is 261 g/mol. The highest BCUT2D eigenvalue weighted by Gasteiger charge is 2.27. The van der Waals surface area contributed by atoms with Crippen molar-refractivity contribution < 1.29 is 4.52 Å². The van der Waals surface area contributed by atoms with Gasteiger partial charge in [0.05, 0.1) is 0 Å². The van der Waals surface area contributed by atoms with Crippen LogP contribution in [0.2, 0.25) is 0 Å². The summed E-state index contributed by atoms with van der Waals surface area (Å²) in [7, 11) is 0. The van der Waals surface area contributed by atoms with Crippen LogP contribution in [0.1, 0.15) is 25.6 Å². The van der Waals surface area contributed by atoms with Crippen molar-refractivity contribution in [2.75, 3.05) is 0 Å². The van der Waals surface area contributed by atoms with Gasteiger partial charge in [-0.3, -0.25) is 0 Å². The molecule has 0 saturated carbocycles. The largest absolute Gasteiger partial charge is 0.336 e. The van der Waals surface area contributed by atoms with E-state index in [1.54, 1.807) is 6.92 Å². The fourth-order valence-electron chi connectivity index (χ4n) is 0.803. The van der Waals surface area contributed by atoms with Gasteiger partial charge in [-0.15, -0.1) is 12.4 Å². The number of nitrogens with two attached hydrogens (primary N) is 1. The quantitative estimate of drug-likeness (QED) is 0.845. The lowest BCUT2D eigenvalue weighted by molar-refractivity contribution is 0.365. The van der Waals surface area contributed by atoms with E-state index in [4.69, 9.17) is 33.5 Å². The number of alkyl halides is 2. The van der Waals surface area contributed by atoms with E-state index < -0.39 is 4.33 Å². The molecule has 0 aliphatic rings. The van der Waals surface area contributed by atoms with Crippen molar-refractivity contribution in [2.24, 2.45) is 5.73 Å². The van der Waals surface area contributed by atoms with Gasteiger partial charge in [0.15, 0.2) is 10.2 Å². The van der Waals surface area contributed by atoms with Crippen molar-refractivity contribution in [2.45, 2.75) is 30.6 Å². The zero-order valence-corrected chi connectivity index (χ0v) is 10.2. The monoisotopic (exact) mass is 259 g/mol. The molecule has 0 aliphatic heterocycles. The Morgan fingerprint density at radius 3 is 2.50 bits per heavy atom. The second-order valence-electron chi connectivity index (χ2n) is 3.09. The number of hydrogen-bond acceptors (Lipinski definition) is 4. The Labute approximate surface area is 98.5 Å². The second kappa shape index (κ2) is 5.16. The van der Waals surface area contributed by atoms with E-state index >= 15 is 0 Å². The van der Waals surface area contributed by atoms with Gasteiger partial charge in [-0.05, 0) is 13.8 Å². The number of hydrogen-bond donors (Lipinski definition) is 1. The van der Waals surface area contributed by atoms with Crippen molar-refractivity contribution in [1.29, 1.82) is 0 Å². The maximum atomic E-state index is 5.75. The molecule has 82 valence electrons. The predicted octanol–water partition coefficient (Wildman–Crippen LogP) is 2.03. The third kappa shape index (κ3) is 4.00. The summed E-state index contributed by atoms with van der Waals surface area (Å²) < 4.78 is 3.71. The minimum absolute atomic E-state index is 0. The summed E-state index contributed by atoms with van der Waals surface area (Å²) in [5.74, 6) is 0.726. The summed E-state index contributed by atoms with van der Waals surface area (Å²) in [5.41, 5.74) is 5.56. The minimum Gasteiger partial charge on any atom is -0.336 e. The van der Waals surface area contributed by atoms with Gasteiger partial charge in [0.25, 0.3) is 5.89 Å². The van der Waals surface area contributed by atoms with E-state index in [0.717, 1.165) is 0 Å². The first kappa shape index (κ1) is 14.0. The van der Waals surface area contributed by atoms with Gasteiger partial charge in [-0.25, -0.2) is 0 Å². The molecule has 0 fully saturated rings. The fraction of sp³-hybridized carbons (Fsp3) is 0.714. The summed E-state index contributed by atoms with van der Waals surface area (Å²) >= 11 is 11.5. The Morgan fingerprint density at radius 1 is 1.57 bits per heavy atom. The van der Waals surface area contributed by atoms with E-state index in [9.17, 15) is 0 Å². The molecule has 4 nitrogen and oxygen atoms in total.